The third-order valence-corrected chi connectivity index (χ3v) is 1.62. The van der Waals surface area contributed by atoms with E-state index in [1.54, 1.807) is 0 Å². The van der Waals surface area contributed by atoms with Gasteiger partial charge in [-0.3, -0.25) is 0 Å². The normalized spacial score (nSPS) is 21.5. The van der Waals surface area contributed by atoms with Gasteiger partial charge in [-0.25, -0.2) is 0 Å². The van der Waals surface area contributed by atoms with Crippen molar-refractivity contribution in [1.29, 1.82) is 0 Å². The molecular weight excluding hydrogens is 166 g/mol. The first-order valence-corrected chi connectivity index (χ1v) is 3.67. The summed E-state index contributed by atoms with van der Waals surface area (Å²) in [5, 5.41) is 44.3. The van der Waals surface area contributed by atoms with Crippen molar-refractivity contribution in [3.63, 3.8) is 0 Å². The topological polar surface area (TPSA) is 129 Å². The predicted octanol–water partition coefficient (Wildman–Crippen LogP) is -4.34. The van der Waals surface area contributed by atoms with Crippen molar-refractivity contribution in [2.45, 2.75) is 24.4 Å². The van der Waals surface area contributed by atoms with E-state index in [9.17, 15) is 0 Å². The molecule has 0 radical (unpaired) electrons. The van der Waals surface area contributed by atoms with Crippen LogP contribution in [0.4, 0.5) is 0 Å². The van der Waals surface area contributed by atoms with E-state index in [0.717, 1.165) is 0 Å². The molecule has 0 unspecified atom stereocenters. The van der Waals surface area contributed by atoms with Crippen LogP contribution in [-0.4, -0.2) is 63.1 Å². The first-order chi connectivity index (χ1) is 5.54. The van der Waals surface area contributed by atoms with Crippen LogP contribution in [0.25, 0.3) is 0 Å². The Hall–Kier alpha value is -0.240. The molecule has 0 rings (SSSR count). The third-order valence-electron chi connectivity index (χ3n) is 1.62. The molecule has 0 bridgehead atoms. The summed E-state index contributed by atoms with van der Waals surface area (Å²) < 4.78 is 0. The molecule has 0 fully saturated rings. The van der Waals surface area contributed by atoms with Crippen LogP contribution in [0.3, 0.4) is 0 Å². The predicted molar refractivity (Wildman–Crippen MR) is 38.9 cm³/mol. The Labute approximate surface area is 69.9 Å². The summed E-state index contributed by atoms with van der Waals surface area (Å²) in [5.74, 6) is 0. The SMILES string of the molecule is [NH3+]C[C@H](O)[C@H](O)[C@H](O)[C@H](O)CO. The van der Waals surface area contributed by atoms with Gasteiger partial charge in [0, 0.05) is 0 Å². The molecule has 0 heterocycles. The molecule has 0 saturated carbocycles. The lowest BCUT2D eigenvalue weighted by Gasteiger charge is -2.23. The zero-order chi connectivity index (χ0) is 9.72. The Morgan fingerprint density at radius 1 is 0.917 bits per heavy atom. The van der Waals surface area contributed by atoms with Gasteiger partial charge < -0.3 is 31.3 Å². The van der Waals surface area contributed by atoms with E-state index in [2.05, 4.69) is 5.73 Å². The van der Waals surface area contributed by atoms with Crippen LogP contribution in [0.15, 0.2) is 0 Å². The molecule has 0 aliphatic heterocycles. The number of rotatable bonds is 5. The Bertz CT molecular complexity index is 109. The minimum atomic E-state index is -1.55. The van der Waals surface area contributed by atoms with E-state index >= 15 is 0 Å². The first-order valence-electron chi connectivity index (χ1n) is 3.67. The molecule has 0 aromatic rings. The molecule has 0 aliphatic rings. The lowest BCUT2D eigenvalue weighted by molar-refractivity contribution is -0.390. The summed E-state index contributed by atoms with van der Waals surface area (Å²) in [6.45, 7) is -0.640. The standard InChI is InChI=1S/C6H15NO5/c7-1-3(9)5(11)6(12)4(10)2-8/h3-6,8-12H,1-2,7H2/p+1/t3-,4+,5-,6+/m0/s1. The van der Waals surface area contributed by atoms with Gasteiger partial charge in [-0.15, -0.1) is 0 Å². The van der Waals surface area contributed by atoms with Crippen LogP contribution >= 0.6 is 0 Å². The highest BCUT2D eigenvalue weighted by atomic mass is 16.4. The van der Waals surface area contributed by atoms with Gasteiger partial charge >= 0.3 is 0 Å². The summed E-state index contributed by atoms with van der Waals surface area (Å²) in [5.41, 5.74) is 3.31. The van der Waals surface area contributed by atoms with Crippen molar-refractivity contribution in [3.05, 3.63) is 0 Å². The Morgan fingerprint density at radius 3 is 1.67 bits per heavy atom. The fourth-order valence-corrected chi connectivity index (χ4v) is 0.734. The van der Waals surface area contributed by atoms with Crippen molar-refractivity contribution in [3.8, 4) is 0 Å². The lowest BCUT2D eigenvalue weighted by atomic mass is 10.0. The fourth-order valence-electron chi connectivity index (χ4n) is 0.734. The van der Waals surface area contributed by atoms with Gasteiger partial charge in [0.1, 0.15) is 31.0 Å². The van der Waals surface area contributed by atoms with Gasteiger partial charge in [0.2, 0.25) is 0 Å². The number of aliphatic hydroxyl groups is 5. The largest absolute Gasteiger partial charge is 0.394 e. The molecule has 0 aromatic heterocycles. The Kier molecular flexibility index (Phi) is 5.31. The van der Waals surface area contributed by atoms with E-state index < -0.39 is 31.0 Å². The maximum Gasteiger partial charge on any atom is 0.131 e. The van der Waals surface area contributed by atoms with E-state index in [-0.39, 0.29) is 6.54 Å². The second-order valence-electron chi connectivity index (χ2n) is 2.59. The van der Waals surface area contributed by atoms with E-state index in [1.165, 1.54) is 0 Å². The Morgan fingerprint density at radius 2 is 1.33 bits per heavy atom. The molecule has 0 spiro atoms. The fraction of sp³-hybridized carbons (Fsp3) is 1.00. The maximum absolute atomic E-state index is 9.08. The molecule has 0 saturated heterocycles. The average Bonchev–Trinajstić information content (AvgIpc) is 2.12. The number of aliphatic hydroxyl groups excluding tert-OH is 5. The highest BCUT2D eigenvalue weighted by Gasteiger charge is 2.29. The Balaban J connectivity index is 3.99. The van der Waals surface area contributed by atoms with Crippen LogP contribution in [0.5, 0.6) is 0 Å². The molecule has 8 N–H and O–H groups in total. The van der Waals surface area contributed by atoms with Crippen molar-refractivity contribution in [2.24, 2.45) is 0 Å². The molecule has 6 heteroatoms. The van der Waals surface area contributed by atoms with Crippen LogP contribution in [-0.2, 0) is 0 Å². The summed E-state index contributed by atoms with van der Waals surface area (Å²) in [6, 6.07) is 0. The highest BCUT2D eigenvalue weighted by molar-refractivity contribution is 4.79. The molecule has 0 amide bonds. The zero-order valence-corrected chi connectivity index (χ0v) is 6.67. The van der Waals surface area contributed by atoms with Gasteiger partial charge in [-0.2, -0.15) is 0 Å². The van der Waals surface area contributed by atoms with Crippen LogP contribution in [0.1, 0.15) is 0 Å². The monoisotopic (exact) mass is 182 g/mol. The van der Waals surface area contributed by atoms with E-state index in [1.807, 2.05) is 0 Å². The minimum absolute atomic E-state index is 0.0242. The second kappa shape index (κ2) is 5.41. The van der Waals surface area contributed by atoms with Gasteiger partial charge in [0.05, 0.1) is 6.61 Å². The number of hydrogen-bond acceptors (Lipinski definition) is 5. The molecule has 0 aliphatic carbocycles. The summed E-state index contributed by atoms with van der Waals surface area (Å²) in [6.07, 6.45) is -5.67. The number of quaternary nitrogens is 1. The smallest absolute Gasteiger partial charge is 0.131 e. The van der Waals surface area contributed by atoms with Crippen molar-refractivity contribution < 1.29 is 31.3 Å². The van der Waals surface area contributed by atoms with Gasteiger partial charge in [0.25, 0.3) is 0 Å². The average molecular weight is 182 g/mol. The molecule has 6 nitrogen and oxygen atoms in total. The lowest BCUT2D eigenvalue weighted by Crippen LogP contribution is -2.61. The summed E-state index contributed by atoms with van der Waals surface area (Å²) in [4.78, 5) is 0. The molecule has 12 heavy (non-hydrogen) atoms. The summed E-state index contributed by atoms with van der Waals surface area (Å²) in [7, 11) is 0. The third kappa shape index (κ3) is 3.02. The summed E-state index contributed by atoms with van der Waals surface area (Å²) >= 11 is 0. The minimum Gasteiger partial charge on any atom is -0.394 e. The zero-order valence-electron chi connectivity index (χ0n) is 6.67. The van der Waals surface area contributed by atoms with Gasteiger partial charge in [-0.05, 0) is 0 Å². The van der Waals surface area contributed by atoms with Crippen molar-refractivity contribution in [1.82, 2.24) is 0 Å². The van der Waals surface area contributed by atoms with Crippen molar-refractivity contribution >= 4 is 0 Å². The van der Waals surface area contributed by atoms with Crippen LogP contribution < -0.4 is 5.73 Å². The maximum atomic E-state index is 9.08. The molecule has 0 aromatic carbocycles. The molecule has 4 atom stereocenters. The van der Waals surface area contributed by atoms with Crippen LogP contribution in [0.2, 0.25) is 0 Å². The van der Waals surface area contributed by atoms with Crippen molar-refractivity contribution in [2.75, 3.05) is 13.2 Å². The van der Waals surface area contributed by atoms with E-state index in [0.29, 0.717) is 0 Å². The van der Waals surface area contributed by atoms with E-state index in [4.69, 9.17) is 25.5 Å². The quantitative estimate of drug-likeness (QED) is 0.256. The molecular formula is C6H16NO5+. The first kappa shape index (κ1) is 11.8. The van der Waals surface area contributed by atoms with Gasteiger partial charge in [0.15, 0.2) is 0 Å². The van der Waals surface area contributed by atoms with Crippen LogP contribution in [0, 0.1) is 0 Å². The van der Waals surface area contributed by atoms with Gasteiger partial charge in [-0.1, -0.05) is 0 Å². The number of hydrogen-bond donors (Lipinski definition) is 6. The molecule has 74 valence electrons. The highest BCUT2D eigenvalue weighted by Crippen LogP contribution is 2.03. The second-order valence-corrected chi connectivity index (χ2v) is 2.59.